The fourth-order valence-electron chi connectivity index (χ4n) is 5.36. The van der Waals surface area contributed by atoms with Crippen LogP contribution in [0.5, 0.6) is 5.88 Å². The SMILES string of the molecule is CC(C)(C)c1ccc(S(=O)(=O)Nc2ccc3[nH]c(OC(=O)NCCN4CCOCC4)c(-c4csc5ccccc45)c3c2)cc1. The third-order valence-corrected chi connectivity index (χ3v) is 10.2. The van der Waals surface area contributed by atoms with Crippen molar-refractivity contribution in [1.29, 1.82) is 0 Å². The van der Waals surface area contributed by atoms with Crippen molar-refractivity contribution in [1.82, 2.24) is 15.2 Å². The maximum atomic E-state index is 13.3. The number of sulfonamides is 1. The molecule has 0 unspecified atom stereocenters. The number of rotatable bonds is 8. The van der Waals surface area contributed by atoms with E-state index in [1.165, 1.54) is 0 Å². The highest BCUT2D eigenvalue weighted by Gasteiger charge is 2.23. The summed E-state index contributed by atoms with van der Waals surface area (Å²) in [6, 6.07) is 20.2. The van der Waals surface area contributed by atoms with Gasteiger partial charge in [-0.15, -0.1) is 11.3 Å². The van der Waals surface area contributed by atoms with Gasteiger partial charge in [0.2, 0.25) is 5.88 Å². The third-order valence-electron chi connectivity index (χ3n) is 7.79. The van der Waals surface area contributed by atoms with Gasteiger partial charge in [-0.25, -0.2) is 13.2 Å². The molecule has 0 saturated carbocycles. The number of fused-ring (bicyclic) bond motifs is 2. The topological polar surface area (TPSA) is 113 Å². The maximum Gasteiger partial charge on any atom is 0.413 e. The summed E-state index contributed by atoms with van der Waals surface area (Å²) >= 11 is 1.59. The molecule has 3 N–H and O–H groups in total. The third kappa shape index (κ3) is 6.46. The van der Waals surface area contributed by atoms with Gasteiger partial charge in [0.05, 0.1) is 23.7 Å². The van der Waals surface area contributed by atoms with Gasteiger partial charge in [0.25, 0.3) is 10.0 Å². The zero-order valence-electron chi connectivity index (χ0n) is 25.0. The minimum atomic E-state index is -3.84. The summed E-state index contributed by atoms with van der Waals surface area (Å²) in [6.07, 6.45) is -0.565. The first-order valence-electron chi connectivity index (χ1n) is 14.6. The molecule has 1 aliphatic rings. The van der Waals surface area contributed by atoms with Gasteiger partial charge in [-0.2, -0.15) is 0 Å². The Balaban J connectivity index is 1.30. The number of morpholine rings is 1. The summed E-state index contributed by atoms with van der Waals surface area (Å²) in [5.41, 5.74) is 3.66. The first-order valence-corrected chi connectivity index (χ1v) is 17.0. The maximum absolute atomic E-state index is 13.3. The van der Waals surface area contributed by atoms with Crippen LogP contribution in [0.15, 0.2) is 77.0 Å². The average molecular weight is 633 g/mol. The van der Waals surface area contributed by atoms with E-state index in [4.69, 9.17) is 9.47 Å². The van der Waals surface area contributed by atoms with Crippen LogP contribution in [-0.4, -0.2) is 63.8 Å². The fraction of sp³-hybridized carbons (Fsp3) is 0.303. The van der Waals surface area contributed by atoms with E-state index < -0.39 is 16.1 Å². The number of H-pyrrole nitrogens is 1. The smallest absolute Gasteiger partial charge is 0.393 e. The van der Waals surface area contributed by atoms with Gasteiger partial charge in [0.15, 0.2) is 0 Å². The molecule has 0 spiro atoms. The number of anilines is 1. The molecule has 0 radical (unpaired) electrons. The Morgan fingerprint density at radius 2 is 1.77 bits per heavy atom. The summed E-state index contributed by atoms with van der Waals surface area (Å²) in [6.45, 7) is 10.5. The lowest BCUT2D eigenvalue weighted by molar-refractivity contribution is 0.0385. The van der Waals surface area contributed by atoms with E-state index in [2.05, 4.69) is 40.7 Å². The van der Waals surface area contributed by atoms with Crippen molar-refractivity contribution < 1.29 is 22.7 Å². The molecule has 5 aromatic rings. The second-order valence-electron chi connectivity index (χ2n) is 11.9. The Hall–Kier alpha value is -3.90. The molecule has 3 aromatic carbocycles. The van der Waals surface area contributed by atoms with Gasteiger partial charge in [-0.3, -0.25) is 9.62 Å². The molecule has 0 aliphatic carbocycles. The minimum absolute atomic E-state index is 0.0866. The summed E-state index contributed by atoms with van der Waals surface area (Å²) in [4.78, 5) is 18.6. The fourth-order valence-corrected chi connectivity index (χ4v) is 7.37. The Morgan fingerprint density at radius 1 is 1.02 bits per heavy atom. The Labute approximate surface area is 261 Å². The zero-order valence-corrected chi connectivity index (χ0v) is 26.6. The van der Waals surface area contributed by atoms with Crippen LogP contribution in [-0.2, 0) is 20.2 Å². The normalized spacial score (nSPS) is 14.6. The number of thiophene rings is 1. The summed E-state index contributed by atoms with van der Waals surface area (Å²) in [5.74, 6) is 0.296. The Morgan fingerprint density at radius 3 is 2.52 bits per heavy atom. The van der Waals surface area contributed by atoms with E-state index in [0.29, 0.717) is 49.0 Å². The second-order valence-corrected chi connectivity index (χ2v) is 14.5. The van der Waals surface area contributed by atoms with Crippen molar-refractivity contribution in [2.75, 3.05) is 44.1 Å². The number of aromatic nitrogens is 1. The van der Waals surface area contributed by atoms with E-state index in [0.717, 1.165) is 39.7 Å². The van der Waals surface area contributed by atoms with Crippen molar-refractivity contribution in [3.63, 3.8) is 0 Å². The number of aromatic amines is 1. The van der Waals surface area contributed by atoms with Gasteiger partial charge in [-0.1, -0.05) is 51.1 Å². The van der Waals surface area contributed by atoms with Crippen molar-refractivity contribution in [3.05, 3.63) is 77.7 Å². The van der Waals surface area contributed by atoms with Gasteiger partial charge < -0.3 is 19.8 Å². The molecule has 1 fully saturated rings. The van der Waals surface area contributed by atoms with Crippen molar-refractivity contribution in [2.24, 2.45) is 0 Å². The number of benzene rings is 3. The second kappa shape index (κ2) is 12.2. The number of amides is 1. The highest BCUT2D eigenvalue weighted by atomic mass is 32.2. The first kappa shape index (κ1) is 30.1. The van der Waals surface area contributed by atoms with Crippen molar-refractivity contribution >= 4 is 54.1 Å². The quantitative estimate of drug-likeness (QED) is 0.178. The molecule has 0 atom stereocenters. The van der Waals surface area contributed by atoms with Crippen LogP contribution in [0, 0.1) is 0 Å². The first-order chi connectivity index (χ1) is 21.1. The Bertz CT molecular complexity index is 1900. The molecule has 1 aliphatic heterocycles. The highest BCUT2D eigenvalue weighted by Crippen LogP contribution is 2.44. The largest absolute Gasteiger partial charge is 0.413 e. The predicted octanol–water partition coefficient (Wildman–Crippen LogP) is 6.57. The number of carbonyl (C=O) groups excluding carboxylic acids is 1. The van der Waals surface area contributed by atoms with E-state index in [1.54, 1.807) is 41.7 Å². The summed E-state index contributed by atoms with van der Waals surface area (Å²) in [5, 5.41) is 6.63. The zero-order chi connectivity index (χ0) is 30.9. The highest BCUT2D eigenvalue weighted by molar-refractivity contribution is 7.92. The van der Waals surface area contributed by atoms with E-state index >= 15 is 0 Å². The van der Waals surface area contributed by atoms with Gasteiger partial charge in [0.1, 0.15) is 0 Å². The molecular formula is C33H36N4O5S2. The van der Waals surface area contributed by atoms with Crippen molar-refractivity contribution in [2.45, 2.75) is 31.1 Å². The lowest BCUT2D eigenvalue weighted by Crippen LogP contribution is -2.41. The van der Waals surface area contributed by atoms with Crippen LogP contribution >= 0.6 is 11.3 Å². The minimum Gasteiger partial charge on any atom is -0.393 e. The van der Waals surface area contributed by atoms with Gasteiger partial charge >= 0.3 is 6.09 Å². The molecule has 1 saturated heterocycles. The number of ether oxygens (including phenoxy) is 2. The van der Waals surface area contributed by atoms with Crippen LogP contribution in [0.4, 0.5) is 10.5 Å². The number of hydrogen-bond acceptors (Lipinski definition) is 7. The van der Waals surface area contributed by atoms with Gasteiger partial charge in [0, 0.05) is 63.8 Å². The van der Waals surface area contributed by atoms with Crippen LogP contribution in [0.25, 0.3) is 32.1 Å². The van der Waals surface area contributed by atoms with Crippen LogP contribution in [0.1, 0.15) is 26.3 Å². The van der Waals surface area contributed by atoms with Crippen LogP contribution in [0.2, 0.25) is 0 Å². The number of carbonyl (C=O) groups is 1. The molecule has 9 nitrogen and oxygen atoms in total. The number of hydrogen-bond donors (Lipinski definition) is 3. The van der Waals surface area contributed by atoms with E-state index in [1.807, 2.05) is 41.8 Å². The Kier molecular flexibility index (Phi) is 8.38. The summed E-state index contributed by atoms with van der Waals surface area (Å²) in [7, 11) is -3.84. The monoisotopic (exact) mass is 632 g/mol. The lowest BCUT2D eigenvalue weighted by Gasteiger charge is -2.26. The molecule has 3 heterocycles. The predicted molar refractivity (Wildman–Crippen MR) is 176 cm³/mol. The summed E-state index contributed by atoms with van der Waals surface area (Å²) < 4.78 is 41.8. The molecular weight excluding hydrogens is 597 g/mol. The van der Waals surface area contributed by atoms with Crippen LogP contribution in [0.3, 0.4) is 0 Å². The molecule has 1 amide bonds. The van der Waals surface area contributed by atoms with E-state index in [9.17, 15) is 13.2 Å². The lowest BCUT2D eigenvalue weighted by atomic mass is 9.87. The average Bonchev–Trinajstić information content (AvgIpc) is 3.57. The van der Waals surface area contributed by atoms with E-state index in [-0.39, 0.29) is 10.3 Å². The molecule has 230 valence electrons. The van der Waals surface area contributed by atoms with Crippen LogP contribution < -0.4 is 14.8 Å². The molecule has 0 bridgehead atoms. The van der Waals surface area contributed by atoms with Gasteiger partial charge in [-0.05, 0) is 47.4 Å². The molecule has 44 heavy (non-hydrogen) atoms. The van der Waals surface area contributed by atoms with Crippen molar-refractivity contribution in [3.8, 4) is 17.0 Å². The molecule has 6 rings (SSSR count). The molecule has 2 aromatic heterocycles. The standard InChI is InChI=1S/C33H36N4O5S2/c1-33(2,3)22-8-11-24(12-9-22)44(39,40)36-23-10-13-28-26(20-23)30(27-21-43-29-7-5-4-6-25(27)29)31(35-28)42-32(38)34-14-15-37-16-18-41-19-17-37/h4-13,20-21,35-36H,14-19H2,1-3H3,(H,34,38). The molecule has 11 heteroatoms. The number of nitrogens with one attached hydrogen (secondary N) is 3. The number of nitrogens with zero attached hydrogens (tertiary/aromatic N) is 1.